The fourth-order valence-electron chi connectivity index (χ4n) is 2.19. The molecule has 20 heavy (non-hydrogen) atoms. The number of halogens is 1. The molecular formula is C17H29FN2. The summed E-state index contributed by atoms with van der Waals surface area (Å²) in [5, 5.41) is 3.49. The Kier molecular flexibility index (Phi) is 6.63. The van der Waals surface area contributed by atoms with Gasteiger partial charge in [-0.05, 0) is 66.7 Å². The lowest BCUT2D eigenvalue weighted by Gasteiger charge is -2.26. The second kappa shape index (κ2) is 7.75. The molecule has 0 aliphatic heterocycles. The van der Waals surface area contributed by atoms with E-state index in [9.17, 15) is 4.39 Å². The zero-order chi connectivity index (χ0) is 15.2. The van der Waals surface area contributed by atoms with Gasteiger partial charge < -0.3 is 5.32 Å². The van der Waals surface area contributed by atoms with E-state index in [1.165, 1.54) is 6.07 Å². The van der Waals surface area contributed by atoms with Crippen molar-refractivity contribution in [3.8, 4) is 0 Å². The van der Waals surface area contributed by atoms with E-state index in [4.69, 9.17) is 0 Å². The first-order chi connectivity index (χ1) is 9.31. The van der Waals surface area contributed by atoms with E-state index in [0.717, 1.165) is 31.5 Å². The Hall–Kier alpha value is -0.930. The minimum Gasteiger partial charge on any atom is -0.312 e. The number of hydrogen-bond donors (Lipinski definition) is 1. The quantitative estimate of drug-likeness (QED) is 0.760. The van der Waals surface area contributed by atoms with Gasteiger partial charge in [-0.1, -0.05) is 18.2 Å². The molecule has 0 saturated carbocycles. The predicted octanol–water partition coefficient (Wildman–Crippen LogP) is 3.99. The average Bonchev–Trinajstić information content (AvgIpc) is 2.36. The Labute approximate surface area is 123 Å². The van der Waals surface area contributed by atoms with Crippen molar-refractivity contribution < 1.29 is 4.39 Å². The molecule has 114 valence electrons. The first-order valence-corrected chi connectivity index (χ1v) is 7.51. The molecule has 0 radical (unpaired) electrons. The summed E-state index contributed by atoms with van der Waals surface area (Å²) in [7, 11) is 2.06. The third-order valence-corrected chi connectivity index (χ3v) is 3.61. The molecule has 0 aliphatic carbocycles. The maximum Gasteiger partial charge on any atom is 0.127 e. The highest BCUT2D eigenvalue weighted by atomic mass is 19.1. The van der Waals surface area contributed by atoms with Gasteiger partial charge in [0.2, 0.25) is 0 Å². The van der Waals surface area contributed by atoms with Crippen molar-refractivity contribution in [2.24, 2.45) is 0 Å². The van der Waals surface area contributed by atoms with Gasteiger partial charge in [-0.3, -0.25) is 4.90 Å². The summed E-state index contributed by atoms with van der Waals surface area (Å²) in [4.78, 5) is 2.22. The fourth-order valence-corrected chi connectivity index (χ4v) is 2.19. The molecule has 0 amide bonds. The van der Waals surface area contributed by atoms with Crippen LogP contribution in [0.1, 0.15) is 52.1 Å². The van der Waals surface area contributed by atoms with Crippen LogP contribution in [0.3, 0.4) is 0 Å². The molecule has 0 spiro atoms. The van der Waals surface area contributed by atoms with Crippen molar-refractivity contribution in [3.05, 3.63) is 35.6 Å². The summed E-state index contributed by atoms with van der Waals surface area (Å²) >= 11 is 0. The first-order valence-electron chi connectivity index (χ1n) is 7.51. The van der Waals surface area contributed by atoms with Crippen molar-refractivity contribution in [1.82, 2.24) is 10.2 Å². The maximum absolute atomic E-state index is 13.7. The smallest absolute Gasteiger partial charge is 0.127 e. The monoisotopic (exact) mass is 280 g/mol. The first kappa shape index (κ1) is 17.1. The van der Waals surface area contributed by atoms with Gasteiger partial charge in [-0.2, -0.15) is 0 Å². The molecule has 1 rings (SSSR count). The summed E-state index contributed by atoms with van der Waals surface area (Å²) in [5.41, 5.74) is 0.967. The number of nitrogens with one attached hydrogen (secondary N) is 1. The van der Waals surface area contributed by atoms with Crippen LogP contribution in [0.5, 0.6) is 0 Å². The van der Waals surface area contributed by atoms with E-state index in [1.54, 1.807) is 6.07 Å². The van der Waals surface area contributed by atoms with Gasteiger partial charge in [-0.15, -0.1) is 0 Å². The van der Waals surface area contributed by atoms with Gasteiger partial charge >= 0.3 is 0 Å². The largest absolute Gasteiger partial charge is 0.312 e. The van der Waals surface area contributed by atoms with Crippen molar-refractivity contribution in [2.45, 2.75) is 52.1 Å². The minimum atomic E-state index is -0.110. The fraction of sp³-hybridized carbons (Fsp3) is 0.647. The molecule has 0 bridgehead atoms. The van der Waals surface area contributed by atoms with Crippen LogP contribution in [0, 0.1) is 5.82 Å². The Balaban J connectivity index is 2.32. The Morgan fingerprint density at radius 1 is 1.20 bits per heavy atom. The Morgan fingerprint density at radius 2 is 1.85 bits per heavy atom. The molecule has 1 unspecified atom stereocenters. The number of unbranched alkanes of at least 4 members (excludes halogenated alkanes) is 1. The van der Waals surface area contributed by atoms with E-state index in [-0.39, 0.29) is 17.4 Å². The molecule has 1 atom stereocenters. The minimum absolute atomic E-state index is 0.110. The molecule has 1 N–H and O–H groups in total. The summed E-state index contributed by atoms with van der Waals surface area (Å²) in [5.74, 6) is -0.110. The molecule has 2 nitrogen and oxygen atoms in total. The molecular weight excluding hydrogens is 251 g/mol. The SMILES string of the molecule is CC(c1ccccc1F)N(C)CCCCNC(C)(C)C. The van der Waals surface area contributed by atoms with Crippen LogP contribution in [0.2, 0.25) is 0 Å². The van der Waals surface area contributed by atoms with E-state index in [1.807, 2.05) is 12.1 Å². The van der Waals surface area contributed by atoms with Crippen LogP contribution in [0.15, 0.2) is 24.3 Å². The predicted molar refractivity (Wildman–Crippen MR) is 84.4 cm³/mol. The van der Waals surface area contributed by atoms with E-state index < -0.39 is 0 Å². The topological polar surface area (TPSA) is 15.3 Å². The Bertz CT molecular complexity index is 398. The molecule has 0 fully saturated rings. The molecule has 3 heteroatoms. The second-order valence-electron chi connectivity index (χ2n) is 6.56. The number of benzene rings is 1. The summed E-state index contributed by atoms with van der Waals surface area (Å²) in [6, 6.07) is 7.16. The summed E-state index contributed by atoms with van der Waals surface area (Å²) in [6.07, 6.45) is 2.27. The molecule has 0 aliphatic rings. The van der Waals surface area contributed by atoms with Gasteiger partial charge in [0, 0.05) is 17.1 Å². The lowest BCUT2D eigenvalue weighted by atomic mass is 10.1. The highest BCUT2D eigenvalue weighted by Gasteiger charge is 2.14. The summed E-state index contributed by atoms with van der Waals surface area (Å²) in [6.45, 7) is 10.6. The van der Waals surface area contributed by atoms with Crippen molar-refractivity contribution in [2.75, 3.05) is 20.1 Å². The van der Waals surface area contributed by atoms with Crippen LogP contribution in [-0.4, -0.2) is 30.6 Å². The summed E-state index contributed by atoms with van der Waals surface area (Å²) < 4.78 is 13.7. The maximum atomic E-state index is 13.7. The van der Waals surface area contributed by atoms with Crippen molar-refractivity contribution >= 4 is 0 Å². The van der Waals surface area contributed by atoms with Crippen LogP contribution < -0.4 is 5.32 Å². The zero-order valence-corrected chi connectivity index (χ0v) is 13.5. The van der Waals surface area contributed by atoms with E-state index in [2.05, 4.69) is 45.0 Å². The lowest BCUT2D eigenvalue weighted by molar-refractivity contribution is 0.249. The molecule has 1 aromatic rings. The van der Waals surface area contributed by atoms with Gasteiger partial charge in [0.05, 0.1) is 0 Å². The Morgan fingerprint density at radius 3 is 2.45 bits per heavy atom. The lowest BCUT2D eigenvalue weighted by Crippen LogP contribution is -2.36. The molecule has 1 aromatic carbocycles. The average molecular weight is 280 g/mol. The number of hydrogen-bond acceptors (Lipinski definition) is 2. The molecule has 0 saturated heterocycles. The van der Waals surface area contributed by atoms with Crippen LogP contribution in [0.4, 0.5) is 4.39 Å². The van der Waals surface area contributed by atoms with Crippen LogP contribution >= 0.6 is 0 Å². The van der Waals surface area contributed by atoms with E-state index in [0.29, 0.717) is 0 Å². The van der Waals surface area contributed by atoms with Crippen LogP contribution in [0.25, 0.3) is 0 Å². The zero-order valence-electron chi connectivity index (χ0n) is 13.5. The highest BCUT2D eigenvalue weighted by molar-refractivity contribution is 5.20. The van der Waals surface area contributed by atoms with Gasteiger partial charge in [-0.25, -0.2) is 4.39 Å². The normalized spacial score (nSPS) is 13.8. The standard InChI is InChI=1S/C17H29FN2/c1-14(15-10-6-7-11-16(15)18)20(5)13-9-8-12-19-17(2,3)4/h6-7,10-11,14,19H,8-9,12-13H2,1-5H3. The van der Waals surface area contributed by atoms with Crippen molar-refractivity contribution in [1.29, 1.82) is 0 Å². The van der Waals surface area contributed by atoms with E-state index >= 15 is 0 Å². The number of nitrogens with zero attached hydrogens (tertiary/aromatic N) is 1. The highest BCUT2D eigenvalue weighted by Crippen LogP contribution is 2.21. The second-order valence-corrected chi connectivity index (χ2v) is 6.56. The number of rotatable bonds is 7. The third-order valence-electron chi connectivity index (χ3n) is 3.61. The molecule has 0 heterocycles. The molecule has 0 aromatic heterocycles. The van der Waals surface area contributed by atoms with Gasteiger partial charge in [0.25, 0.3) is 0 Å². The third kappa shape index (κ3) is 6.02. The van der Waals surface area contributed by atoms with Gasteiger partial charge in [0.15, 0.2) is 0 Å². The van der Waals surface area contributed by atoms with Crippen molar-refractivity contribution in [3.63, 3.8) is 0 Å². The van der Waals surface area contributed by atoms with Gasteiger partial charge in [0.1, 0.15) is 5.82 Å². The van der Waals surface area contributed by atoms with Crippen LogP contribution in [-0.2, 0) is 0 Å².